The van der Waals surface area contributed by atoms with Crippen LogP contribution >= 0.6 is 11.6 Å². The Kier molecular flexibility index (Phi) is 3.24. The second-order valence-electron chi connectivity index (χ2n) is 4.62. The Balaban J connectivity index is 2.08. The third-order valence-electron chi connectivity index (χ3n) is 3.40. The molecule has 0 spiro atoms. The van der Waals surface area contributed by atoms with Gasteiger partial charge in [-0.2, -0.15) is 0 Å². The van der Waals surface area contributed by atoms with Crippen molar-refractivity contribution in [3.8, 4) is 0 Å². The van der Waals surface area contributed by atoms with Crippen LogP contribution in [0.25, 0.3) is 10.8 Å². The van der Waals surface area contributed by atoms with Gasteiger partial charge in [0.2, 0.25) is 0 Å². The summed E-state index contributed by atoms with van der Waals surface area (Å²) < 4.78 is 0. The Morgan fingerprint density at radius 3 is 2.75 bits per heavy atom. The number of hydrogen-bond acceptors (Lipinski definition) is 4. The average molecular weight is 285 g/mol. The van der Waals surface area contributed by atoms with E-state index in [1.807, 2.05) is 44.3 Å². The Bertz CT molecular complexity index is 781. The van der Waals surface area contributed by atoms with E-state index in [0.717, 1.165) is 33.4 Å². The van der Waals surface area contributed by atoms with Gasteiger partial charge in [0.15, 0.2) is 11.0 Å². The molecule has 0 aliphatic rings. The minimum Gasteiger partial charge on any atom is -0.338 e. The van der Waals surface area contributed by atoms with Gasteiger partial charge in [-0.1, -0.05) is 23.7 Å². The minimum atomic E-state index is 0.440. The quantitative estimate of drug-likeness (QED) is 0.771. The molecule has 0 unspecified atom stereocenters. The maximum absolute atomic E-state index is 5.97. The first-order valence-electron chi connectivity index (χ1n) is 6.26. The van der Waals surface area contributed by atoms with Crippen molar-refractivity contribution in [2.45, 2.75) is 13.8 Å². The first-order valence-corrected chi connectivity index (χ1v) is 6.64. The molecule has 3 rings (SSSR count). The molecule has 5 heteroatoms. The Labute approximate surface area is 121 Å². The van der Waals surface area contributed by atoms with Crippen molar-refractivity contribution >= 4 is 33.9 Å². The first-order chi connectivity index (χ1) is 9.66. The molecule has 0 saturated heterocycles. The molecular weight excluding hydrogens is 272 g/mol. The molecule has 0 amide bonds. The molecule has 0 aliphatic carbocycles. The summed E-state index contributed by atoms with van der Waals surface area (Å²) in [6.45, 7) is 3.91. The summed E-state index contributed by atoms with van der Waals surface area (Å²) in [6.07, 6.45) is 3.62. The van der Waals surface area contributed by atoms with E-state index in [9.17, 15) is 0 Å². The van der Waals surface area contributed by atoms with E-state index < -0.39 is 0 Å². The number of fused-ring (bicyclic) bond motifs is 1. The molecule has 4 nitrogen and oxygen atoms in total. The Morgan fingerprint density at radius 1 is 1.05 bits per heavy atom. The van der Waals surface area contributed by atoms with E-state index in [4.69, 9.17) is 11.6 Å². The van der Waals surface area contributed by atoms with Gasteiger partial charge in [-0.05, 0) is 37.1 Å². The van der Waals surface area contributed by atoms with Crippen molar-refractivity contribution in [2.75, 3.05) is 5.32 Å². The van der Waals surface area contributed by atoms with Crippen molar-refractivity contribution in [1.82, 2.24) is 15.2 Å². The van der Waals surface area contributed by atoms with E-state index in [0.29, 0.717) is 5.15 Å². The summed E-state index contributed by atoms with van der Waals surface area (Å²) in [6, 6.07) is 7.99. The topological polar surface area (TPSA) is 50.7 Å². The molecule has 0 saturated carbocycles. The lowest BCUT2D eigenvalue weighted by Gasteiger charge is -2.12. The highest BCUT2D eigenvalue weighted by atomic mass is 35.5. The molecule has 0 atom stereocenters. The zero-order valence-corrected chi connectivity index (χ0v) is 11.9. The van der Waals surface area contributed by atoms with Crippen molar-refractivity contribution < 1.29 is 0 Å². The van der Waals surface area contributed by atoms with Gasteiger partial charge >= 0.3 is 0 Å². The highest BCUT2D eigenvalue weighted by Crippen LogP contribution is 2.28. The second-order valence-corrected chi connectivity index (χ2v) is 4.97. The number of hydrogen-bond donors (Lipinski definition) is 1. The number of aromatic nitrogens is 3. The molecule has 2 aromatic heterocycles. The molecule has 0 aliphatic heterocycles. The van der Waals surface area contributed by atoms with Crippen molar-refractivity contribution in [3.63, 3.8) is 0 Å². The first kappa shape index (κ1) is 12.8. The van der Waals surface area contributed by atoms with Crippen LogP contribution < -0.4 is 5.32 Å². The number of nitrogens with zero attached hydrogens (tertiary/aromatic N) is 3. The van der Waals surface area contributed by atoms with Crippen LogP contribution in [-0.2, 0) is 0 Å². The minimum absolute atomic E-state index is 0.440. The molecule has 0 radical (unpaired) electrons. The molecular formula is C15H13ClN4. The van der Waals surface area contributed by atoms with Crippen LogP contribution in [0.4, 0.5) is 11.5 Å². The van der Waals surface area contributed by atoms with Gasteiger partial charge in [0, 0.05) is 28.9 Å². The lowest BCUT2D eigenvalue weighted by atomic mass is 10.1. The number of halogens is 1. The predicted molar refractivity (Wildman–Crippen MR) is 81.5 cm³/mol. The third kappa shape index (κ3) is 2.18. The molecule has 3 aromatic rings. The van der Waals surface area contributed by atoms with Crippen LogP contribution in [0.15, 0.2) is 36.7 Å². The lowest BCUT2D eigenvalue weighted by molar-refractivity contribution is 1.00. The van der Waals surface area contributed by atoms with Gasteiger partial charge < -0.3 is 5.32 Å². The van der Waals surface area contributed by atoms with Crippen LogP contribution in [0.2, 0.25) is 5.15 Å². The molecule has 0 bridgehead atoms. The average Bonchev–Trinajstić information content (AvgIpc) is 2.48. The maximum Gasteiger partial charge on any atom is 0.156 e. The van der Waals surface area contributed by atoms with Gasteiger partial charge in [0.25, 0.3) is 0 Å². The molecule has 1 N–H and O–H groups in total. The zero-order chi connectivity index (χ0) is 14.1. The van der Waals surface area contributed by atoms with Crippen LogP contribution in [-0.4, -0.2) is 15.2 Å². The fourth-order valence-corrected chi connectivity index (χ4v) is 2.23. The molecule has 20 heavy (non-hydrogen) atoms. The van der Waals surface area contributed by atoms with Crippen molar-refractivity contribution in [3.05, 3.63) is 52.9 Å². The number of nitrogens with one attached hydrogen (secondary N) is 1. The number of rotatable bonds is 2. The fourth-order valence-electron chi connectivity index (χ4n) is 2.05. The van der Waals surface area contributed by atoms with Gasteiger partial charge in [-0.15, -0.1) is 10.2 Å². The van der Waals surface area contributed by atoms with E-state index in [2.05, 4.69) is 20.5 Å². The molecule has 1 aromatic carbocycles. The van der Waals surface area contributed by atoms with E-state index in [-0.39, 0.29) is 0 Å². The summed E-state index contributed by atoms with van der Waals surface area (Å²) in [7, 11) is 0. The second kappa shape index (κ2) is 5.06. The number of pyridine rings is 1. The van der Waals surface area contributed by atoms with Crippen LogP contribution in [0.1, 0.15) is 11.1 Å². The SMILES string of the molecule is Cc1c(Cl)nnc(Nc2cccc3cnccc23)c1C. The van der Waals surface area contributed by atoms with Crippen LogP contribution in [0.5, 0.6) is 0 Å². The lowest BCUT2D eigenvalue weighted by Crippen LogP contribution is -2.01. The summed E-state index contributed by atoms with van der Waals surface area (Å²) >= 11 is 5.97. The Hall–Kier alpha value is -2.20. The van der Waals surface area contributed by atoms with E-state index in [1.54, 1.807) is 6.20 Å². The van der Waals surface area contributed by atoms with Gasteiger partial charge in [0.1, 0.15) is 0 Å². The predicted octanol–water partition coefficient (Wildman–Crippen LogP) is 4.04. The standard InChI is InChI=1S/C15H13ClN4/c1-9-10(2)15(20-19-14(9)16)18-13-5-3-4-11-8-17-7-6-12(11)13/h3-8H,1-2H3,(H,18,20). The van der Waals surface area contributed by atoms with Gasteiger partial charge in [0.05, 0.1) is 0 Å². The largest absolute Gasteiger partial charge is 0.338 e. The van der Waals surface area contributed by atoms with Crippen LogP contribution in [0, 0.1) is 13.8 Å². The molecule has 2 heterocycles. The van der Waals surface area contributed by atoms with E-state index in [1.165, 1.54) is 0 Å². The summed E-state index contributed by atoms with van der Waals surface area (Å²) in [5, 5.41) is 14.0. The van der Waals surface area contributed by atoms with Gasteiger partial charge in [-0.3, -0.25) is 4.98 Å². The normalized spacial score (nSPS) is 10.8. The highest BCUT2D eigenvalue weighted by molar-refractivity contribution is 6.30. The zero-order valence-electron chi connectivity index (χ0n) is 11.2. The van der Waals surface area contributed by atoms with Crippen LogP contribution in [0.3, 0.4) is 0 Å². The summed E-state index contributed by atoms with van der Waals surface area (Å²) in [5.41, 5.74) is 2.91. The summed E-state index contributed by atoms with van der Waals surface area (Å²) in [5.74, 6) is 0.719. The van der Waals surface area contributed by atoms with Gasteiger partial charge in [-0.25, -0.2) is 0 Å². The smallest absolute Gasteiger partial charge is 0.156 e. The maximum atomic E-state index is 5.97. The molecule has 0 fully saturated rings. The fraction of sp³-hybridized carbons (Fsp3) is 0.133. The number of benzene rings is 1. The van der Waals surface area contributed by atoms with Crippen molar-refractivity contribution in [2.24, 2.45) is 0 Å². The third-order valence-corrected chi connectivity index (χ3v) is 3.76. The Morgan fingerprint density at radius 2 is 1.90 bits per heavy atom. The number of anilines is 2. The highest BCUT2D eigenvalue weighted by Gasteiger charge is 2.09. The summed E-state index contributed by atoms with van der Waals surface area (Å²) in [4.78, 5) is 4.13. The monoisotopic (exact) mass is 284 g/mol. The van der Waals surface area contributed by atoms with E-state index >= 15 is 0 Å². The molecule has 100 valence electrons. The van der Waals surface area contributed by atoms with Crippen molar-refractivity contribution in [1.29, 1.82) is 0 Å².